The number of aromatic nitrogens is 2. The highest BCUT2D eigenvalue weighted by Crippen LogP contribution is 2.33. The predicted octanol–water partition coefficient (Wildman–Crippen LogP) is 4.92. The molecule has 2 rings (SSSR count). The fraction of sp³-hybridized carbons (Fsp3) is 0.417. The molecule has 0 bridgehead atoms. The molecule has 0 saturated heterocycles. The number of halogens is 7. The van der Waals surface area contributed by atoms with Gasteiger partial charge in [-0.3, -0.25) is 0 Å². The van der Waals surface area contributed by atoms with Crippen LogP contribution in [0.5, 0.6) is 0 Å². The van der Waals surface area contributed by atoms with Gasteiger partial charge in [-0.2, -0.15) is 26.3 Å². The number of fused-ring (bicyclic) bond motifs is 1. The van der Waals surface area contributed by atoms with Gasteiger partial charge in [-0.15, -0.1) is 11.6 Å². The predicted molar refractivity (Wildman–Crippen MR) is 65.1 cm³/mol. The second kappa shape index (κ2) is 5.08. The van der Waals surface area contributed by atoms with E-state index in [1.165, 1.54) is 6.92 Å². The minimum absolute atomic E-state index is 0.0391. The van der Waals surface area contributed by atoms with Gasteiger partial charge in [-0.1, -0.05) is 0 Å². The lowest BCUT2D eigenvalue weighted by Crippen LogP contribution is -2.19. The molecule has 2 aromatic rings. The Hall–Kier alpha value is -1.44. The Labute approximate surface area is 120 Å². The maximum absolute atomic E-state index is 12.6. The molecule has 116 valence electrons. The largest absolute Gasteiger partial charge is 0.416 e. The summed E-state index contributed by atoms with van der Waals surface area (Å²) in [5, 5.41) is -0.867. The average molecular weight is 331 g/mol. The number of hydrogen-bond donors (Lipinski definition) is 0. The van der Waals surface area contributed by atoms with Crippen LogP contribution in [0.2, 0.25) is 0 Å². The molecule has 0 aliphatic heterocycles. The van der Waals surface area contributed by atoms with E-state index < -0.39 is 29.8 Å². The van der Waals surface area contributed by atoms with Crippen molar-refractivity contribution in [2.75, 3.05) is 0 Å². The first-order valence-electron chi connectivity index (χ1n) is 5.77. The Morgan fingerprint density at radius 1 is 1.19 bits per heavy atom. The van der Waals surface area contributed by atoms with Gasteiger partial charge in [0.1, 0.15) is 12.4 Å². The lowest BCUT2D eigenvalue weighted by atomic mass is 10.2. The average Bonchev–Trinajstić information content (AvgIpc) is 2.64. The van der Waals surface area contributed by atoms with E-state index in [9.17, 15) is 26.3 Å². The molecule has 0 fully saturated rings. The van der Waals surface area contributed by atoms with Gasteiger partial charge >= 0.3 is 12.4 Å². The summed E-state index contributed by atoms with van der Waals surface area (Å²) in [6.07, 6.45) is -9.12. The van der Waals surface area contributed by atoms with Gasteiger partial charge in [0, 0.05) is 0 Å². The fourth-order valence-corrected chi connectivity index (χ4v) is 2.14. The smallest absolute Gasteiger partial charge is 0.318 e. The Morgan fingerprint density at radius 2 is 1.81 bits per heavy atom. The van der Waals surface area contributed by atoms with Gasteiger partial charge in [-0.05, 0) is 25.1 Å². The summed E-state index contributed by atoms with van der Waals surface area (Å²) in [5.74, 6) is -0.122. The van der Waals surface area contributed by atoms with Crippen molar-refractivity contribution in [2.24, 2.45) is 0 Å². The zero-order valence-electron chi connectivity index (χ0n) is 10.6. The van der Waals surface area contributed by atoms with Crippen LogP contribution in [0.4, 0.5) is 26.3 Å². The Bertz CT molecular complexity index is 656. The monoisotopic (exact) mass is 330 g/mol. The van der Waals surface area contributed by atoms with Crippen LogP contribution in [0.3, 0.4) is 0 Å². The number of hydrogen-bond acceptors (Lipinski definition) is 1. The van der Waals surface area contributed by atoms with Gasteiger partial charge in [0.2, 0.25) is 0 Å². The van der Waals surface area contributed by atoms with Crippen molar-refractivity contribution in [1.29, 1.82) is 0 Å². The van der Waals surface area contributed by atoms with E-state index in [0.717, 1.165) is 16.7 Å². The van der Waals surface area contributed by atoms with Crippen molar-refractivity contribution in [3.63, 3.8) is 0 Å². The highest BCUT2D eigenvalue weighted by Gasteiger charge is 2.33. The Kier molecular flexibility index (Phi) is 3.86. The Morgan fingerprint density at radius 3 is 2.29 bits per heavy atom. The molecule has 0 aliphatic rings. The van der Waals surface area contributed by atoms with Gasteiger partial charge in [-0.25, -0.2) is 4.98 Å². The van der Waals surface area contributed by atoms with Crippen molar-refractivity contribution >= 4 is 22.6 Å². The second-order valence-corrected chi connectivity index (χ2v) is 5.14. The molecule has 0 spiro atoms. The zero-order chi connectivity index (χ0) is 16.0. The van der Waals surface area contributed by atoms with Gasteiger partial charge in [0.25, 0.3) is 0 Å². The summed E-state index contributed by atoms with van der Waals surface area (Å²) in [6.45, 7) is 0.0432. The summed E-state index contributed by atoms with van der Waals surface area (Å²) in [4.78, 5) is 3.80. The molecule has 0 aliphatic carbocycles. The third kappa shape index (κ3) is 3.42. The molecule has 21 heavy (non-hydrogen) atoms. The van der Waals surface area contributed by atoms with E-state index in [2.05, 4.69) is 4.98 Å². The van der Waals surface area contributed by atoms with Crippen molar-refractivity contribution in [2.45, 2.75) is 31.2 Å². The summed E-state index contributed by atoms with van der Waals surface area (Å²) >= 11 is 5.77. The van der Waals surface area contributed by atoms with E-state index in [0.29, 0.717) is 6.07 Å². The molecule has 1 unspecified atom stereocenters. The van der Waals surface area contributed by atoms with E-state index >= 15 is 0 Å². The SMILES string of the molecule is CC(Cl)c1nc2cc(C(F)(F)F)ccc2n1CC(F)(F)F. The summed E-state index contributed by atoms with van der Waals surface area (Å²) in [6, 6.07) is 2.41. The topological polar surface area (TPSA) is 17.8 Å². The van der Waals surface area contributed by atoms with Gasteiger partial charge in [0.15, 0.2) is 0 Å². The third-order valence-electron chi connectivity index (χ3n) is 2.80. The molecule has 0 amide bonds. The number of imidazole rings is 1. The molecule has 1 atom stereocenters. The minimum atomic E-state index is -4.59. The van der Waals surface area contributed by atoms with Crippen LogP contribution in [0.25, 0.3) is 11.0 Å². The van der Waals surface area contributed by atoms with Crippen LogP contribution in [0.1, 0.15) is 23.7 Å². The van der Waals surface area contributed by atoms with Crippen molar-refractivity contribution in [3.05, 3.63) is 29.6 Å². The van der Waals surface area contributed by atoms with Crippen LogP contribution >= 0.6 is 11.6 Å². The van der Waals surface area contributed by atoms with Crippen molar-refractivity contribution in [1.82, 2.24) is 9.55 Å². The molecule has 2 nitrogen and oxygen atoms in total. The first-order chi connectivity index (χ1) is 9.49. The van der Waals surface area contributed by atoms with Crippen molar-refractivity contribution < 1.29 is 26.3 Å². The minimum Gasteiger partial charge on any atom is -0.318 e. The lowest BCUT2D eigenvalue weighted by Gasteiger charge is -2.13. The van der Waals surface area contributed by atoms with Gasteiger partial charge in [0.05, 0.1) is 22.0 Å². The van der Waals surface area contributed by atoms with E-state index in [1.54, 1.807) is 0 Å². The van der Waals surface area contributed by atoms with Crippen molar-refractivity contribution in [3.8, 4) is 0 Å². The lowest BCUT2D eigenvalue weighted by molar-refractivity contribution is -0.140. The molecular formula is C12H9ClF6N2. The molecule has 0 saturated carbocycles. The number of alkyl halides is 7. The Balaban J connectivity index is 2.63. The van der Waals surface area contributed by atoms with E-state index in [4.69, 9.17) is 11.6 Å². The summed E-state index contributed by atoms with van der Waals surface area (Å²) < 4.78 is 76.4. The standard InChI is InChI=1S/C12H9ClF6N2/c1-6(13)10-20-8-4-7(12(17,18)19)2-3-9(8)21(10)5-11(14,15)16/h2-4,6H,5H2,1H3. The molecule has 0 radical (unpaired) electrons. The highest BCUT2D eigenvalue weighted by molar-refractivity contribution is 6.20. The van der Waals surface area contributed by atoms with Crippen LogP contribution < -0.4 is 0 Å². The van der Waals surface area contributed by atoms with E-state index in [-0.39, 0.29) is 16.9 Å². The van der Waals surface area contributed by atoms with Crippen LogP contribution in [-0.2, 0) is 12.7 Å². The van der Waals surface area contributed by atoms with Crippen LogP contribution in [-0.4, -0.2) is 15.7 Å². The van der Waals surface area contributed by atoms with E-state index in [1.807, 2.05) is 0 Å². The maximum atomic E-state index is 12.6. The quantitative estimate of drug-likeness (QED) is 0.564. The van der Waals surface area contributed by atoms with Crippen LogP contribution in [0.15, 0.2) is 18.2 Å². The molecule has 0 N–H and O–H groups in total. The number of nitrogens with zero attached hydrogens (tertiary/aromatic N) is 2. The summed E-state index contributed by atoms with van der Waals surface area (Å²) in [5.41, 5.74) is -1.18. The third-order valence-corrected chi connectivity index (χ3v) is 2.99. The second-order valence-electron chi connectivity index (χ2n) is 4.49. The molecule has 1 heterocycles. The first kappa shape index (κ1) is 15.9. The fourth-order valence-electron chi connectivity index (χ4n) is 1.97. The molecule has 1 aromatic carbocycles. The number of rotatable bonds is 2. The number of benzene rings is 1. The molecule has 1 aromatic heterocycles. The zero-order valence-corrected chi connectivity index (χ0v) is 11.3. The summed E-state index contributed by atoms with van der Waals surface area (Å²) in [7, 11) is 0. The molecule has 9 heteroatoms. The maximum Gasteiger partial charge on any atom is 0.416 e. The highest BCUT2D eigenvalue weighted by atomic mass is 35.5. The molecular weight excluding hydrogens is 322 g/mol. The first-order valence-corrected chi connectivity index (χ1v) is 6.21. The van der Waals surface area contributed by atoms with Crippen LogP contribution in [0, 0.1) is 0 Å². The van der Waals surface area contributed by atoms with Gasteiger partial charge < -0.3 is 4.57 Å². The normalized spacial score (nSPS) is 14.7.